The van der Waals surface area contributed by atoms with Gasteiger partial charge in [0.2, 0.25) is 5.91 Å². The molecule has 5 nitrogen and oxygen atoms in total. The minimum atomic E-state index is -0.0544. The van der Waals surface area contributed by atoms with Crippen molar-refractivity contribution in [2.45, 2.75) is 6.61 Å². The zero-order valence-corrected chi connectivity index (χ0v) is 15.2. The van der Waals surface area contributed by atoms with Crippen molar-refractivity contribution < 1.29 is 9.53 Å². The zero-order valence-electron chi connectivity index (χ0n) is 12.9. The lowest BCUT2D eigenvalue weighted by atomic mass is 10.2. The molecule has 1 saturated heterocycles. The first-order valence-electron chi connectivity index (χ1n) is 7.30. The molecule has 1 amide bonds. The summed E-state index contributed by atoms with van der Waals surface area (Å²) in [6.07, 6.45) is 1.61. The number of benzene rings is 2. The third kappa shape index (κ3) is 5.22. The van der Waals surface area contributed by atoms with Crippen molar-refractivity contribution in [1.29, 1.82) is 0 Å². The van der Waals surface area contributed by atoms with Crippen molar-refractivity contribution in [1.82, 2.24) is 5.32 Å². The Kier molecular flexibility index (Phi) is 5.96. The molecular weight excluding hydrogens is 381 g/mol. The number of carbonyl (C=O) groups is 1. The van der Waals surface area contributed by atoms with E-state index in [1.165, 1.54) is 11.8 Å². The van der Waals surface area contributed by atoms with Crippen LogP contribution in [0.1, 0.15) is 11.1 Å². The smallest absolute Gasteiger partial charge is 0.236 e. The SMILES string of the molecule is O=C1CSC(=N/N=C\c2ccc(OCc3ccc(Cl)cc3Cl)cc2)N1. The molecule has 1 heterocycles. The number of amides is 1. The van der Waals surface area contributed by atoms with E-state index in [1.807, 2.05) is 30.3 Å². The van der Waals surface area contributed by atoms with Crippen molar-refractivity contribution in [2.75, 3.05) is 5.75 Å². The molecule has 2 aromatic rings. The molecule has 25 heavy (non-hydrogen) atoms. The maximum atomic E-state index is 11.0. The second kappa shape index (κ2) is 8.38. The number of ether oxygens (including phenoxy) is 1. The van der Waals surface area contributed by atoms with Crippen LogP contribution in [0.5, 0.6) is 5.75 Å². The normalized spacial score (nSPS) is 15.8. The fourth-order valence-corrected chi connectivity index (χ4v) is 3.07. The number of rotatable bonds is 5. The van der Waals surface area contributed by atoms with Crippen molar-refractivity contribution in [2.24, 2.45) is 10.2 Å². The molecule has 0 bridgehead atoms. The Hall–Kier alpha value is -2.02. The maximum absolute atomic E-state index is 11.0. The summed E-state index contributed by atoms with van der Waals surface area (Å²) in [4.78, 5) is 11.0. The average molecular weight is 394 g/mol. The topological polar surface area (TPSA) is 63.0 Å². The van der Waals surface area contributed by atoms with E-state index in [1.54, 1.807) is 18.3 Å². The van der Waals surface area contributed by atoms with Gasteiger partial charge in [-0.05, 0) is 42.0 Å². The highest BCUT2D eigenvalue weighted by Gasteiger charge is 2.15. The summed E-state index contributed by atoms with van der Waals surface area (Å²) in [7, 11) is 0. The quantitative estimate of drug-likeness (QED) is 0.613. The van der Waals surface area contributed by atoms with Crippen LogP contribution >= 0.6 is 35.0 Å². The standard InChI is InChI=1S/C17H13Cl2N3O2S/c18-13-4-3-12(15(19)7-13)9-24-14-5-1-11(2-6-14)8-20-22-17-21-16(23)10-25-17/h1-8H,9-10H2,(H,21,22,23)/b20-8-. The maximum Gasteiger partial charge on any atom is 0.236 e. The van der Waals surface area contributed by atoms with Crippen LogP contribution in [0, 0.1) is 0 Å². The number of nitrogens with zero attached hydrogens (tertiary/aromatic N) is 2. The van der Waals surface area contributed by atoms with Crippen LogP contribution in [0.15, 0.2) is 52.7 Å². The molecule has 1 aliphatic heterocycles. The van der Waals surface area contributed by atoms with E-state index in [0.717, 1.165) is 11.1 Å². The number of hydrogen-bond acceptors (Lipinski definition) is 5. The lowest BCUT2D eigenvalue weighted by Gasteiger charge is -2.08. The van der Waals surface area contributed by atoms with Gasteiger partial charge in [0.05, 0.1) is 12.0 Å². The first kappa shape index (κ1) is 17.8. The first-order valence-corrected chi connectivity index (χ1v) is 9.05. The predicted molar refractivity (Wildman–Crippen MR) is 103 cm³/mol. The Morgan fingerprint density at radius 1 is 1.20 bits per heavy atom. The Morgan fingerprint density at radius 3 is 2.68 bits per heavy atom. The number of halogens is 2. The van der Waals surface area contributed by atoms with Crippen LogP contribution < -0.4 is 10.1 Å². The van der Waals surface area contributed by atoms with E-state index in [4.69, 9.17) is 27.9 Å². The van der Waals surface area contributed by atoms with E-state index in [-0.39, 0.29) is 5.91 Å². The lowest BCUT2D eigenvalue weighted by molar-refractivity contribution is -0.116. The number of nitrogens with one attached hydrogen (secondary N) is 1. The van der Waals surface area contributed by atoms with Gasteiger partial charge < -0.3 is 10.1 Å². The van der Waals surface area contributed by atoms with Crippen LogP contribution in [-0.2, 0) is 11.4 Å². The van der Waals surface area contributed by atoms with Crippen LogP contribution in [0.25, 0.3) is 0 Å². The highest BCUT2D eigenvalue weighted by atomic mass is 35.5. The van der Waals surface area contributed by atoms with Gasteiger partial charge >= 0.3 is 0 Å². The molecule has 0 spiro atoms. The Labute approximate surface area is 159 Å². The van der Waals surface area contributed by atoms with Crippen LogP contribution in [0.2, 0.25) is 10.0 Å². The summed E-state index contributed by atoms with van der Waals surface area (Å²) in [6, 6.07) is 12.7. The minimum absolute atomic E-state index is 0.0544. The number of carbonyl (C=O) groups excluding carboxylic acids is 1. The van der Waals surface area contributed by atoms with Gasteiger partial charge in [0, 0.05) is 15.6 Å². The molecule has 0 atom stereocenters. The molecule has 3 rings (SSSR count). The van der Waals surface area contributed by atoms with E-state index in [0.29, 0.717) is 33.3 Å². The molecule has 8 heteroatoms. The van der Waals surface area contributed by atoms with Crippen molar-refractivity contribution >= 4 is 52.3 Å². The largest absolute Gasteiger partial charge is 0.489 e. The number of hydrogen-bond donors (Lipinski definition) is 1. The van der Waals surface area contributed by atoms with Gasteiger partial charge in [-0.1, -0.05) is 41.0 Å². The molecule has 1 aliphatic rings. The number of amidine groups is 1. The van der Waals surface area contributed by atoms with Gasteiger partial charge in [-0.25, -0.2) is 0 Å². The zero-order chi connectivity index (χ0) is 17.6. The molecule has 128 valence electrons. The average Bonchev–Trinajstić information content (AvgIpc) is 3.01. The van der Waals surface area contributed by atoms with E-state index in [9.17, 15) is 4.79 Å². The summed E-state index contributed by atoms with van der Waals surface area (Å²) < 4.78 is 5.71. The van der Waals surface area contributed by atoms with Crippen molar-refractivity contribution in [3.8, 4) is 5.75 Å². The summed E-state index contributed by atoms with van der Waals surface area (Å²) in [6.45, 7) is 0.355. The molecule has 0 aliphatic carbocycles. The fraction of sp³-hybridized carbons (Fsp3) is 0.118. The van der Waals surface area contributed by atoms with E-state index in [2.05, 4.69) is 15.5 Å². The predicted octanol–water partition coefficient (Wildman–Crippen LogP) is 4.13. The van der Waals surface area contributed by atoms with Crippen LogP contribution in [0.4, 0.5) is 0 Å². The third-order valence-electron chi connectivity index (χ3n) is 3.23. The lowest BCUT2D eigenvalue weighted by Crippen LogP contribution is -2.19. The number of thioether (sulfide) groups is 1. The van der Waals surface area contributed by atoms with Crippen molar-refractivity contribution in [3.63, 3.8) is 0 Å². The van der Waals surface area contributed by atoms with Gasteiger partial charge in [0.25, 0.3) is 0 Å². The molecule has 0 unspecified atom stereocenters. The van der Waals surface area contributed by atoms with Crippen molar-refractivity contribution in [3.05, 3.63) is 63.6 Å². The molecule has 1 N–H and O–H groups in total. The molecule has 0 radical (unpaired) electrons. The molecule has 0 saturated carbocycles. The molecule has 0 aromatic heterocycles. The molecular formula is C17H13Cl2N3O2S. The van der Waals surface area contributed by atoms with Crippen LogP contribution in [0.3, 0.4) is 0 Å². The van der Waals surface area contributed by atoms with E-state index < -0.39 is 0 Å². The summed E-state index contributed by atoms with van der Waals surface area (Å²) in [5, 5.41) is 12.2. The Balaban J connectivity index is 1.56. The van der Waals surface area contributed by atoms with Gasteiger partial charge in [-0.2, -0.15) is 5.10 Å². The second-order valence-corrected chi connectivity index (χ2v) is 6.89. The minimum Gasteiger partial charge on any atom is -0.489 e. The Morgan fingerprint density at radius 2 is 2.00 bits per heavy atom. The highest BCUT2D eigenvalue weighted by Crippen LogP contribution is 2.22. The van der Waals surface area contributed by atoms with Gasteiger partial charge in [-0.3, -0.25) is 4.79 Å². The summed E-state index contributed by atoms with van der Waals surface area (Å²) in [5.74, 6) is 1.05. The Bertz CT molecular complexity index is 838. The van der Waals surface area contributed by atoms with Gasteiger partial charge in [0.15, 0.2) is 5.17 Å². The monoisotopic (exact) mass is 393 g/mol. The second-order valence-electron chi connectivity index (χ2n) is 5.08. The summed E-state index contributed by atoms with van der Waals surface area (Å²) >= 11 is 13.3. The fourth-order valence-electron chi connectivity index (χ4n) is 1.98. The summed E-state index contributed by atoms with van der Waals surface area (Å²) in [5.41, 5.74) is 1.74. The molecule has 1 fully saturated rings. The highest BCUT2D eigenvalue weighted by molar-refractivity contribution is 8.15. The van der Waals surface area contributed by atoms with Crippen LogP contribution in [-0.4, -0.2) is 23.0 Å². The first-order chi connectivity index (χ1) is 12.1. The van der Waals surface area contributed by atoms with E-state index >= 15 is 0 Å². The third-order valence-corrected chi connectivity index (χ3v) is 4.68. The molecule has 2 aromatic carbocycles. The van der Waals surface area contributed by atoms with Gasteiger partial charge in [0.1, 0.15) is 12.4 Å². The van der Waals surface area contributed by atoms with Gasteiger partial charge in [-0.15, -0.1) is 5.10 Å².